The van der Waals surface area contributed by atoms with Gasteiger partial charge in [0.25, 0.3) is 0 Å². The molecule has 0 bridgehead atoms. The molecular formula is C13H16O6S. The highest BCUT2D eigenvalue weighted by atomic mass is 32.3. The molecule has 1 fully saturated rings. The number of hydrogen-bond acceptors (Lipinski definition) is 6. The molecule has 20 heavy (non-hydrogen) atoms. The average Bonchev–Trinajstić information content (AvgIpc) is 2.69. The van der Waals surface area contributed by atoms with Gasteiger partial charge in [-0.3, -0.25) is 0 Å². The summed E-state index contributed by atoms with van der Waals surface area (Å²) in [5.41, 5.74) is 1.10. The Kier molecular flexibility index (Phi) is 3.86. The van der Waals surface area contributed by atoms with Gasteiger partial charge in [-0.15, -0.1) is 0 Å². The lowest BCUT2D eigenvalue weighted by Gasteiger charge is -2.19. The molecule has 1 aliphatic heterocycles. The van der Waals surface area contributed by atoms with Crippen molar-refractivity contribution in [1.82, 2.24) is 0 Å². The first-order valence-corrected chi connectivity index (χ1v) is 7.41. The van der Waals surface area contributed by atoms with Crippen LogP contribution in [-0.2, 0) is 29.0 Å². The van der Waals surface area contributed by atoms with Crippen LogP contribution in [0, 0.1) is 0 Å². The third-order valence-corrected chi connectivity index (χ3v) is 3.69. The molecule has 0 spiro atoms. The monoisotopic (exact) mass is 300 g/mol. The highest BCUT2D eigenvalue weighted by molar-refractivity contribution is 7.82. The highest BCUT2D eigenvalue weighted by Crippen LogP contribution is 2.24. The van der Waals surface area contributed by atoms with E-state index < -0.39 is 22.5 Å². The molecule has 110 valence electrons. The lowest BCUT2D eigenvalue weighted by Crippen LogP contribution is -2.27. The van der Waals surface area contributed by atoms with Gasteiger partial charge in [0, 0.05) is 0 Å². The summed E-state index contributed by atoms with van der Waals surface area (Å²) in [7, 11) is -4.06. The van der Waals surface area contributed by atoms with Crippen LogP contribution in [0.2, 0.25) is 0 Å². The van der Waals surface area contributed by atoms with E-state index >= 15 is 0 Å². The normalized spacial score (nSPS) is 21.6. The van der Waals surface area contributed by atoms with Gasteiger partial charge in [0.05, 0.1) is 0 Å². The molecule has 1 unspecified atom stereocenters. The van der Waals surface area contributed by atoms with Crippen LogP contribution in [0.15, 0.2) is 24.3 Å². The van der Waals surface area contributed by atoms with Crippen LogP contribution in [0.25, 0.3) is 0 Å². The summed E-state index contributed by atoms with van der Waals surface area (Å²) in [5.74, 6) is -0.467. The van der Waals surface area contributed by atoms with Gasteiger partial charge in [0.1, 0.15) is 12.4 Å². The first-order chi connectivity index (χ1) is 9.17. The Hall–Kier alpha value is -1.44. The molecule has 0 aromatic heterocycles. The predicted octanol–water partition coefficient (Wildman–Crippen LogP) is 1.55. The summed E-state index contributed by atoms with van der Waals surface area (Å²) in [4.78, 5) is 11.7. The van der Waals surface area contributed by atoms with Crippen molar-refractivity contribution in [3.8, 4) is 5.75 Å². The van der Waals surface area contributed by atoms with Crippen molar-refractivity contribution in [2.24, 2.45) is 0 Å². The van der Waals surface area contributed by atoms with Crippen molar-refractivity contribution in [2.45, 2.75) is 32.3 Å². The fourth-order valence-electron chi connectivity index (χ4n) is 1.66. The van der Waals surface area contributed by atoms with Crippen LogP contribution < -0.4 is 4.74 Å². The van der Waals surface area contributed by atoms with E-state index in [1.165, 1.54) is 0 Å². The number of rotatable bonds is 2. The molecule has 0 amide bonds. The molecule has 1 heterocycles. The fourth-order valence-corrected chi connectivity index (χ4v) is 2.42. The molecule has 0 aliphatic carbocycles. The molecule has 6 nitrogen and oxygen atoms in total. The molecule has 2 rings (SSSR count). The molecule has 7 heteroatoms. The molecule has 1 atom stereocenters. The third-order valence-electron chi connectivity index (χ3n) is 2.80. The van der Waals surface area contributed by atoms with Gasteiger partial charge in [0.15, 0.2) is 0 Å². The molecule has 1 saturated heterocycles. The highest BCUT2D eigenvalue weighted by Gasteiger charge is 2.36. The zero-order chi connectivity index (χ0) is 15.0. The number of esters is 1. The summed E-state index contributed by atoms with van der Waals surface area (Å²) >= 11 is 0. The van der Waals surface area contributed by atoms with E-state index in [1.54, 1.807) is 12.1 Å². The van der Waals surface area contributed by atoms with Crippen molar-refractivity contribution in [1.29, 1.82) is 0 Å². The second kappa shape index (κ2) is 5.16. The van der Waals surface area contributed by atoms with Gasteiger partial charge in [-0.05, 0) is 23.1 Å². The minimum absolute atomic E-state index is 0.000971. The summed E-state index contributed by atoms with van der Waals surface area (Å²) in [6, 6.07) is 7.02. The third kappa shape index (κ3) is 3.56. The molecule has 0 N–H and O–H groups in total. The molecule has 1 aromatic carbocycles. The van der Waals surface area contributed by atoms with E-state index in [2.05, 4.69) is 29.1 Å². The second-order valence-corrected chi connectivity index (χ2v) is 6.72. The topological polar surface area (TPSA) is 78.9 Å². The largest absolute Gasteiger partial charge is 0.425 e. The summed E-state index contributed by atoms with van der Waals surface area (Å²) in [6.07, 6.45) is -1.25. The Morgan fingerprint density at radius 1 is 1.25 bits per heavy atom. The summed E-state index contributed by atoms with van der Waals surface area (Å²) in [5, 5.41) is 0. The quantitative estimate of drug-likeness (QED) is 0.609. The van der Waals surface area contributed by atoms with E-state index in [1.807, 2.05) is 12.1 Å². The minimum Gasteiger partial charge on any atom is -0.425 e. The first kappa shape index (κ1) is 15.0. The van der Waals surface area contributed by atoms with Crippen LogP contribution in [0.4, 0.5) is 0 Å². The van der Waals surface area contributed by atoms with Gasteiger partial charge >= 0.3 is 16.4 Å². The van der Waals surface area contributed by atoms with Gasteiger partial charge in [-0.2, -0.15) is 8.42 Å². The Morgan fingerprint density at radius 3 is 2.30 bits per heavy atom. The van der Waals surface area contributed by atoms with Crippen molar-refractivity contribution >= 4 is 16.4 Å². The zero-order valence-electron chi connectivity index (χ0n) is 11.5. The number of benzene rings is 1. The molecule has 1 aromatic rings. The van der Waals surface area contributed by atoms with Crippen LogP contribution in [-0.4, -0.2) is 27.1 Å². The maximum atomic E-state index is 11.7. The zero-order valence-corrected chi connectivity index (χ0v) is 12.3. The van der Waals surface area contributed by atoms with E-state index in [0.717, 1.165) is 5.56 Å². The van der Waals surface area contributed by atoms with Crippen molar-refractivity contribution in [3.63, 3.8) is 0 Å². The van der Waals surface area contributed by atoms with Crippen LogP contribution in [0.3, 0.4) is 0 Å². The smallest absolute Gasteiger partial charge is 0.400 e. The standard InChI is InChI=1S/C13H16O6S/c1-13(2,3)9-4-6-10(7-5-9)18-12(14)11-8-17-20(15,16)19-11/h4-7,11H,8H2,1-3H3. The number of carbonyl (C=O) groups excluding carboxylic acids is 1. The Balaban J connectivity index is 2.02. The molecule has 1 aliphatic rings. The average molecular weight is 300 g/mol. The van der Waals surface area contributed by atoms with E-state index in [9.17, 15) is 13.2 Å². The summed E-state index contributed by atoms with van der Waals surface area (Å²) in [6.45, 7) is 5.86. The number of hydrogen-bond donors (Lipinski definition) is 0. The van der Waals surface area contributed by atoms with Gasteiger partial charge in [0.2, 0.25) is 6.10 Å². The first-order valence-electron chi connectivity index (χ1n) is 6.07. The lowest BCUT2D eigenvalue weighted by molar-refractivity contribution is -0.141. The van der Waals surface area contributed by atoms with Crippen molar-refractivity contribution in [2.75, 3.05) is 6.61 Å². The molecule has 0 saturated carbocycles. The van der Waals surface area contributed by atoms with E-state index in [0.29, 0.717) is 5.75 Å². The minimum atomic E-state index is -4.06. The molecular weight excluding hydrogens is 284 g/mol. The van der Waals surface area contributed by atoms with E-state index in [4.69, 9.17) is 4.74 Å². The summed E-state index contributed by atoms with van der Waals surface area (Å²) < 4.78 is 35.6. The maximum Gasteiger partial charge on any atom is 0.400 e. The Bertz CT molecular complexity index is 597. The van der Waals surface area contributed by atoms with Crippen LogP contribution >= 0.6 is 0 Å². The maximum absolute atomic E-state index is 11.7. The Morgan fingerprint density at radius 2 is 1.85 bits per heavy atom. The predicted molar refractivity (Wildman–Crippen MR) is 70.5 cm³/mol. The van der Waals surface area contributed by atoms with Crippen LogP contribution in [0.1, 0.15) is 26.3 Å². The van der Waals surface area contributed by atoms with Crippen molar-refractivity contribution in [3.05, 3.63) is 29.8 Å². The Labute approximate surface area is 118 Å². The lowest BCUT2D eigenvalue weighted by atomic mass is 9.87. The van der Waals surface area contributed by atoms with Crippen LogP contribution in [0.5, 0.6) is 5.75 Å². The van der Waals surface area contributed by atoms with Gasteiger partial charge in [-0.25, -0.2) is 13.2 Å². The van der Waals surface area contributed by atoms with E-state index in [-0.39, 0.29) is 12.0 Å². The van der Waals surface area contributed by atoms with Crippen molar-refractivity contribution < 1.29 is 26.3 Å². The fraction of sp³-hybridized carbons (Fsp3) is 0.462. The van der Waals surface area contributed by atoms with Gasteiger partial charge < -0.3 is 4.74 Å². The number of carbonyl (C=O) groups is 1. The molecule has 0 radical (unpaired) electrons. The second-order valence-electron chi connectivity index (χ2n) is 5.47. The van der Waals surface area contributed by atoms with Gasteiger partial charge in [-0.1, -0.05) is 32.9 Å². The number of ether oxygens (including phenoxy) is 1. The SMILES string of the molecule is CC(C)(C)c1ccc(OC(=O)C2COS(=O)(=O)O2)cc1.